The smallest absolute Gasteiger partial charge is 0.295 e. The summed E-state index contributed by atoms with van der Waals surface area (Å²) in [5, 5.41) is 11.5. The molecule has 5 nitrogen and oxygen atoms in total. The predicted octanol–water partition coefficient (Wildman–Crippen LogP) is 7.13. The number of carbonyl (C=O) groups excluding carboxylic acids is 2. The van der Waals surface area contributed by atoms with Crippen LogP contribution >= 0.6 is 0 Å². The number of ketones is 1. The first kappa shape index (κ1) is 29.1. The molecule has 1 saturated heterocycles. The van der Waals surface area contributed by atoms with Gasteiger partial charge in [0.05, 0.1) is 18.2 Å². The average Bonchev–Trinajstić information content (AvgIpc) is 3.16. The standard InChI is InChI=1S/C34H38FNO4/c1-21(2)20-40-28-16-11-25(19-22(28)3)31(37)29-30(24-9-12-26(13-10-24)34(4,5)6)36(33(39)32(29)38)18-17-23-7-14-27(35)15-8-23/h7-16,19,21,30,37H,17-18,20H2,1-6H3/b31-29-. The van der Waals surface area contributed by atoms with E-state index in [1.165, 1.54) is 17.0 Å². The van der Waals surface area contributed by atoms with E-state index in [1.807, 2.05) is 31.2 Å². The number of benzene rings is 3. The van der Waals surface area contributed by atoms with Gasteiger partial charge in [0, 0.05) is 12.1 Å². The maximum absolute atomic E-state index is 13.4. The Kier molecular flexibility index (Phi) is 8.48. The van der Waals surface area contributed by atoms with Gasteiger partial charge in [0.2, 0.25) is 0 Å². The predicted molar refractivity (Wildman–Crippen MR) is 156 cm³/mol. The molecule has 0 saturated carbocycles. The second-order valence-electron chi connectivity index (χ2n) is 11.9. The second-order valence-corrected chi connectivity index (χ2v) is 11.9. The van der Waals surface area contributed by atoms with Gasteiger partial charge in [-0.3, -0.25) is 9.59 Å². The summed E-state index contributed by atoms with van der Waals surface area (Å²) in [6.07, 6.45) is 0.435. The van der Waals surface area contributed by atoms with Crippen LogP contribution in [0, 0.1) is 18.7 Å². The number of hydrogen-bond acceptors (Lipinski definition) is 4. The van der Waals surface area contributed by atoms with Gasteiger partial charge in [0.15, 0.2) is 0 Å². The molecule has 1 fully saturated rings. The summed E-state index contributed by atoms with van der Waals surface area (Å²) < 4.78 is 19.3. The number of halogens is 1. The van der Waals surface area contributed by atoms with E-state index >= 15 is 0 Å². The molecule has 0 bridgehead atoms. The van der Waals surface area contributed by atoms with Gasteiger partial charge >= 0.3 is 0 Å². The van der Waals surface area contributed by atoms with E-state index in [-0.39, 0.29) is 29.1 Å². The Morgan fingerprint density at radius 3 is 2.23 bits per heavy atom. The monoisotopic (exact) mass is 543 g/mol. The lowest BCUT2D eigenvalue weighted by molar-refractivity contribution is -0.139. The van der Waals surface area contributed by atoms with Crippen molar-refractivity contribution in [3.05, 3.63) is 106 Å². The molecule has 0 spiro atoms. The highest BCUT2D eigenvalue weighted by Gasteiger charge is 2.46. The first-order valence-corrected chi connectivity index (χ1v) is 13.7. The highest BCUT2D eigenvalue weighted by Crippen LogP contribution is 2.40. The summed E-state index contributed by atoms with van der Waals surface area (Å²) in [6.45, 7) is 13.2. The summed E-state index contributed by atoms with van der Waals surface area (Å²) in [5.41, 5.74) is 3.96. The number of likely N-dealkylation sites (tertiary alicyclic amines) is 1. The molecule has 1 aliphatic heterocycles. The molecule has 1 aliphatic rings. The number of Topliss-reactive ketones (excluding diaryl/α,β-unsaturated/α-hetero) is 1. The van der Waals surface area contributed by atoms with Crippen LogP contribution < -0.4 is 4.74 Å². The fourth-order valence-corrected chi connectivity index (χ4v) is 4.89. The summed E-state index contributed by atoms with van der Waals surface area (Å²) >= 11 is 0. The van der Waals surface area contributed by atoms with Crippen molar-refractivity contribution in [2.75, 3.05) is 13.2 Å². The molecule has 0 aliphatic carbocycles. The molecule has 4 rings (SSSR count). The van der Waals surface area contributed by atoms with Gasteiger partial charge in [-0.25, -0.2) is 4.39 Å². The molecule has 3 aromatic rings. The normalized spacial score (nSPS) is 17.1. The minimum Gasteiger partial charge on any atom is -0.507 e. The number of amides is 1. The van der Waals surface area contributed by atoms with Crippen LogP contribution in [-0.2, 0) is 21.4 Å². The Hall–Kier alpha value is -3.93. The zero-order chi connectivity index (χ0) is 29.2. The molecular weight excluding hydrogens is 505 g/mol. The topological polar surface area (TPSA) is 66.8 Å². The fourth-order valence-electron chi connectivity index (χ4n) is 4.89. The number of nitrogens with zero attached hydrogens (tertiary/aromatic N) is 1. The Bertz CT molecular complexity index is 1420. The Morgan fingerprint density at radius 2 is 1.65 bits per heavy atom. The van der Waals surface area contributed by atoms with Gasteiger partial charge in [-0.15, -0.1) is 0 Å². The number of rotatable bonds is 8. The van der Waals surface area contributed by atoms with Crippen molar-refractivity contribution in [3.63, 3.8) is 0 Å². The van der Waals surface area contributed by atoms with Gasteiger partial charge in [-0.1, -0.05) is 71.0 Å². The van der Waals surface area contributed by atoms with Gasteiger partial charge < -0.3 is 14.7 Å². The van der Waals surface area contributed by atoms with E-state index in [0.717, 1.165) is 22.3 Å². The van der Waals surface area contributed by atoms with Crippen molar-refractivity contribution in [3.8, 4) is 5.75 Å². The van der Waals surface area contributed by atoms with Crippen molar-refractivity contribution >= 4 is 17.4 Å². The number of hydrogen-bond donors (Lipinski definition) is 1. The highest BCUT2D eigenvalue weighted by atomic mass is 19.1. The highest BCUT2D eigenvalue weighted by molar-refractivity contribution is 6.46. The Labute approximate surface area is 236 Å². The molecule has 6 heteroatoms. The van der Waals surface area contributed by atoms with Crippen LogP contribution in [0.1, 0.15) is 68.5 Å². The van der Waals surface area contributed by atoms with E-state index in [1.54, 1.807) is 30.3 Å². The third kappa shape index (κ3) is 6.27. The van der Waals surface area contributed by atoms with Crippen molar-refractivity contribution in [1.82, 2.24) is 4.90 Å². The van der Waals surface area contributed by atoms with Gasteiger partial charge in [-0.2, -0.15) is 0 Å². The van der Waals surface area contributed by atoms with Crippen molar-refractivity contribution in [2.24, 2.45) is 5.92 Å². The van der Waals surface area contributed by atoms with E-state index in [4.69, 9.17) is 4.74 Å². The zero-order valence-corrected chi connectivity index (χ0v) is 24.1. The summed E-state index contributed by atoms with van der Waals surface area (Å²) in [4.78, 5) is 28.3. The molecular formula is C34H38FNO4. The van der Waals surface area contributed by atoms with Crippen LogP contribution in [0.2, 0.25) is 0 Å². The van der Waals surface area contributed by atoms with Crippen LogP contribution in [-0.4, -0.2) is 34.8 Å². The molecule has 1 amide bonds. The molecule has 1 N–H and O–H groups in total. The first-order valence-electron chi connectivity index (χ1n) is 13.7. The van der Waals surface area contributed by atoms with Gasteiger partial charge in [0.25, 0.3) is 11.7 Å². The third-order valence-electron chi connectivity index (χ3n) is 7.21. The Balaban J connectivity index is 1.75. The van der Waals surface area contributed by atoms with Crippen LogP contribution in [0.25, 0.3) is 5.76 Å². The molecule has 40 heavy (non-hydrogen) atoms. The largest absolute Gasteiger partial charge is 0.507 e. The van der Waals surface area contributed by atoms with E-state index in [2.05, 4.69) is 34.6 Å². The first-order chi connectivity index (χ1) is 18.9. The minimum atomic E-state index is -0.758. The lowest BCUT2D eigenvalue weighted by Gasteiger charge is -2.26. The molecule has 1 unspecified atom stereocenters. The lowest BCUT2D eigenvalue weighted by atomic mass is 9.85. The SMILES string of the molecule is Cc1cc(/C(O)=C2/C(=O)C(=O)N(CCc3ccc(F)cc3)C2c2ccc(C(C)(C)C)cc2)ccc1OCC(C)C. The number of ether oxygens (including phenoxy) is 1. The summed E-state index contributed by atoms with van der Waals surface area (Å²) in [6, 6.07) is 18.5. The maximum Gasteiger partial charge on any atom is 0.295 e. The summed E-state index contributed by atoms with van der Waals surface area (Å²) in [7, 11) is 0. The molecule has 0 aromatic heterocycles. The number of aliphatic hydroxyl groups is 1. The second kappa shape index (κ2) is 11.7. The summed E-state index contributed by atoms with van der Waals surface area (Å²) in [5.74, 6) is -0.867. The van der Waals surface area contributed by atoms with Gasteiger partial charge in [-0.05, 0) is 77.3 Å². The van der Waals surface area contributed by atoms with Crippen molar-refractivity contribution in [2.45, 2.75) is 59.4 Å². The van der Waals surface area contributed by atoms with Crippen LogP contribution in [0.5, 0.6) is 5.75 Å². The third-order valence-corrected chi connectivity index (χ3v) is 7.21. The molecule has 3 aromatic carbocycles. The molecule has 0 radical (unpaired) electrons. The van der Waals surface area contributed by atoms with E-state index in [0.29, 0.717) is 30.3 Å². The maximum atomic E-state index is 13.4. The molecule has 210 valence electrons. The lowest BCUT2D eigenvalue weighted by Crippen LogP contribution is -2.31. The van der Waals surface area contributed by atoms with Crippen molar-refractivity contribution in [1.29, 1.82) is 0 Å². The fraction of sp³-hybridized carbons (Fsp3) is 0.353. The Morgan fingerprint density at radius 1 is 1.00 bits per heavy atom. The van der Waals surface area contributed by atoms with E-state index in [9.17, 15) is 19.1 Å². The average molecular weight is 544 g/mol. The number of aryl methyl sites for hydroxylation is 1. The van der Waals surface area contributed by atoms with Crippen LogP contribution in [0.15, 0.2) is 72.3 Å². The van der Waals surface area contributed by atoms with Gasteiger partial charge in [0.1, 0.15) is 17.3 Å². The number of carbonyl (C=O) groups is 2. The zero-order valence-electron chi connectivity index (χ0n) is 24.1. The number of aliphatic hydroxyl groups excluding tert-OH is 1. The molecule has 1 heterocycles. The molecule has 1 atom stereocenters. The quantitative estimate of drug-likeness (QED) is 0.186. The minimum absolute atomic E-state index is 0.0582. The van der Waals surface area contributed by atoms with Crippen molar-refractivity contribution < 1.29 is 23.8 Å². The van der Waals surface area contributed by atoms with Crippen LogP contribution in [0.3, 0.4) is 0 Å². The van der Waals surface area contributed by atoms with Crippen LogP contribution in [0.4, 0.5) is 4.39 Å². The van der Waals surface area contributed by atoms with E-state index < -0.39 is 17.7 Å².